The normalized spacial score (nSPS) is 15.5. The summed E-state index contributed by atoms with van der Waals surface area (Å²) in [6.07, 6.45) is 6.48. The average molecular weight is 327 g/mol. The first-order valence-corrected chi connectivity index (χ1v) is 8.53. The zero-order valence-electron chi connectivity index (χ0n) is 14.1. The summed E-state index contributed by atoms with van der Waals surface area (Å²) in [5, 5.41) is 2.96. The minimum Gasteiger partial charge on any atom is -0.381 e. The molecule has 0 atom stereocenters. The summed E-state index contributed by atoms with van der Waals surface area (Å²) < 4.78 is 7.46. The van der Waals surface area contributed by atoms with Gasteiger partial charge in [-0.2, -0.15) is 0 Å². The highest BCUT2D eigenvalue weighted by Gasteiger charge is 2.19. The standard InChI is InChI=1S/C19H25N3O2/c1-24-18-8-13-22(14-9-18)17-6-4-16(5-7-17)19(23)20-10-15-21-11-2-3-12-21/h2-7,11-12,18H,8-10,13-15H2,1H3,(H,20,23). The predicted molar refractivity (Wildman–Crippen MR) is 95.5 cm³/mol. The van der Waals surface area contributed by atoms with Gasteiger partial charge in [-0.25, -0.2) is 0 Å². The number of benzene rings is 1. The van der Waals surface area contributed by atoms with Gasteiger partial charge in [0.25, 0.3) is 5.91 Å². The van der Waals surface area contributed by atoms with E-state index >= 15 is 0 Å². The molecule has 1 aromatic carbocycles. The molecule has 1 aromatic heterocycles. The zero-order chi connectivity index (χ0) is 16.8. The lowest BCUT2D eigenvalue weighted by Gasteiger charge is -2.33. The average Bonchev–Trinajstić information content (AvgIpc) is 3.15. The molecule has 0 bridgehead atoms. The quantitative estimate of drug-likeness (QED) is 0.887. The molecule has 0 radical (unpaired) electrons. The summed E-state index contributed by atoms with van der Waals surface area (Å²) in [4.78, 5) is 14.5. The SMILES string of the molecule is COC1CCN(c2ccc(C(=O)NCCn3cccc3)cc2)CC1. The first-order chi connectivity index (χ1) is 11.8. The van der Waals surface area contributed by atoms with Gasteiger partial charge < -0.3 is 19.5 Å². The minimum absolute atomic E-state index is 0.0215. The third-order valence-electron chi connectivity index (χ3n) is 4.59. The van der Waals surface area contributed by atoms with Gasteiger partial charge in [-0.3, -0.25) is 4.79 Å². The number of nitrogens with one attached hydrogen (secondary N) is 1. The van der Waals surface area contributed by atoms with E-state index in [1.165, 1.54) is 5.69 Å². The maximum atomic E-state index is 12.2. The fourth-order valence-electron chi connectivity index (χ4n) is 3.09. The Morgan fingerprint density at radius 2 is 1.83 bits per heavy atom. The van der Waals surface area contributed by atoms with Crippen molar-refractivity contribution in [1.29, 1.82) is 0 Å². The van der Waals surface area contributed by atoms with E-state index in [2.05, 4.69) is 10.2 Å². The molecule has 1 N–H and O–H groups in total. The van der Waals surface area contributed by atoms with Crippen LogP contribution in [-0.4, -0.2) is 43.3 Å². The van der Waals surface area contributed by atoms with Gasteiger partial charge in [-0.1, -0.05) is 0 Å². The van der Waals surface area contributed by atoms with Crippen molar-refractivity contribution < 1.29 is 9.53 Å². The lowest BCUT2D eigenvalue weighted by atomic mass is 10.1. The number of rotatable bonds is 6. The first kappa shape index (κ1) is 16.6. The molecule has 3 rings (SSSR count). The molecule has 1 aliphatic rings. The molecule has 5 nitrogen and oxygen atoms in total. The van der Waals surface area contributed by atoms with Crippen LogP contribution in [0.15, 0.2) is 48.8 Å². The molecule has 1 saturated heterocycles. The van der Waals surface area contributed by atoms with Crippen LogP contribution in [0, 0.1) is 0 Å². The summed E-state index contributed by atoms with van der Waals surface area (Å²) >= 11 is 0. The molecule has 1 aliphatic heterocycles. The summed E-state index contributed by atoms with van der Waals surface area (Å²) in [5.74, 6) is -0.0215. The van der Waals surface area contributed by atoms with Gasteiger partial charge in [-0.05, 0) is 49.2 Å². The van der Waals surface area contributed by atoms with Crippen molar-refractivity contribution in [2.24, 2.45) is 0 Å². The number of aromatic nitrogens is 1. The van der Waals surface area contributed by atoms with Gasteiger partial charge in [0.1, 0.15) is 0 Å². The van der Waals surface area contributed by atoms with Crippen molar-refractivity contribution >= 4 is 11.6 Å². The third-order valence-corrected chi connectivity index (χ3v) is 4.59. The van der Waals surface area contributed by atoms with Crippen LogP contribution in [0.2, 0.25) is 0 Å². The Morgan fingerprint density at radius 3 is 2.46 bits per heavy atom. The van der Waals surface area contributed by atoms with E-state index in [0.29, 0.717) is 18.2 Å². The number of nitrogens with zero attached hydrogens (tertiary/aromatic N) is 2. The second kappa shape index (κ2) is 8.02. The Kier molecular flexibility index (Phi) is 5.54. The number of carbonyl (C=O) groups excluding carboxylic acids is 1. The molecule has 5 heteroatoms. The fourth-order valence-corrected chi connectivity index (χ4v) is 3.09. The molecule has 0 saturated carbocycles. The maximum absolute atomic E-state index is 12.2. The van der Waals surface area contributed by atoms with Crippen LogP contribution in [0.25, 0.3) is 0 Å². The number of amides is 1. The number of anilines is 1. The second-order valence-corrected chi connectivity index (χ2v) is 6.15. The van der Waals surface area contributed by atoms with Crippen LogP contribution in [0.1, 0.15) is 23.2 Å². The summed E-state index contributed by atoms with van der Waals surface area (Å²) in [6.45, 7) is 3.41. The van der Waals surface area contributed by atoms with E-state index in [4.69, 9.17) is 4.74 Å². The van der Waals surface area contributed by atoms with E-state index in [0.717, 1.165) is 32.5 Å². The van der Waals surface area contributed by atoms with E-state index in [-0.39, 0.29) is 5.91 Å². The molecular formula is C19H25N3O2. The number of carbonyl (C=O) groups is 1. The van der Waals surface area contributed by atoms with E-state index in [1.807, 2.05) is 53.4 Å². The molecule has 0 aliphatic carbocycles. The van der Waals surface area contributed by atoms with Crippen LogP contribution < -0.4 is 10.2 Å². The summed E-state index contributed by atoms with van der Waals surface area (Å²) in [7, 11) is 1.78. The Bertz CT molecular complexity index is 629. The lowest BCUT2D eigenvalue weighted by Crippen LogP contribution is -2.36. The smallest absolute Gasteiger partial charge is 0.251 e. The second-order valence-electron chi connectivity index (χ2n) is 6.15. The van der Waals surface area contributed by atoms with Crippen molar-refractivity contribution in [3.05, 3.63) is 54.4 Å². The highest BCUT2D eigenvalue weighted by molar-refractivity contribution is 5.94. The molecule has 2 aromatic rings. The molecule has 1 amide bonds. The van der Waals surface area contributed by atoms with E-state index in [9.17, 15) is 4.79 Å². The highest BCUT2D eigenvalue weighted by atomic mass is 16.5. The van der Waals surface area contributed by atoms with Crippen molar-refractivity contribution in [3.63, 3.8) is 0 Å². The topological polar surface area (TPSA) is 46.5 Å². The molecule has 0 unspecified atom stereocenters. The van der Waals surface area contributed by atoms with Gasteiger partial charge in [0.05, 0.1) is 6.10 Å². The Hall–Kier alpha value is -2.27. The van der Waals surface area contributed by atoms with Crippen LogP contribution in [-0.2, 0) is 11.3 Å². The molecule has 24 heavy (non-hydrogen) atoms. The lowest BCUT2D eigenvalue weighted by molar-refractivity contribution is 0.0819. The van der Waals surface area contributed by atoms with Crippen LogP contribution >= 0.6 is 0 Å². The van der Waals surface area contributed by atoms with Gasteiger partial charge in [0, 0.05) is 56.9 Å². The Balaban J connectivity index is 1.49. The van der Waals surface area contributed by atoms with Crippen LogP contribution in [0.3, 0.4) is 0 Å². The molecular weight excluding hydrogens is 302 g/mol. The number of piperidine rings is 1. The Morgan fingerprint density at radius 1 is 1.17 bits per heavy atom. The van der Waals surface area contributed by atoms with Gasteiger partial charge in [0.2, 0.25) is 0 Å². The molecule has 2 heterocycles. The van der Waals surface area contributed by atoms with Gasteiger partial charge in [-0.15, -0.1) is 0 Å². The predicted octanol–water partition coefficient (Wildman–Crippen LogP) is 2.53. The monoisotopic (exact) mass is 327 g/mol. The molecule has 0 spiro atoms. The van der Waals surface area contributed by atoms with Crippen LogP contribution in [0.5, 0.6) is 0 Å². The first-order valence-electron chi connectivity index (χ1n) is 8.53. The number of ether oxygens (including phenoxy) is 1. The fraction of sp³-hybridized carbons (Fsp3) is 0.421. The third kappa shape index (κ3) is 4.17. The summed E-state index contributed by atoms with van der Waals surface area (Å²) in [5.41, 5.74) is 1.88. The summed E-state index contributed by atoms with van der Waals surface area (Å²) in [6, 6.07) is 11.8. The minimum atomic E-state index is -0.0215. The van der Waals surface area contributed by atoms with Crippen molar-refractivity contribution in [1.82, 2.24) is 9.88 Å². The van der Waals surface area contributed by atoms with E-state index in [1.54, 1.807) is 7.11 Å². The number of hydrogen-bond acceptors (Lipinski definition) is 3. The highest BCUT2D eigenvalue weighted by Crippen LogP contribution is 2.21. The number of hydrogen-bond donors (Lipinski definition) is 1. The largest absolute Gasteiger partial charge is 0.381 e. The maximum Gasteiger partial charge on any atom is 0.251 e. The van der Waals surface area contributed by atoms with Crippen molar-refractivity contribution in [3.8, 4) is 0 Å². The van der Waals surface area contributed by atoms with Crippen molar-refractivity contribution in [2.45, 2.75) is 25.5 Å². The Labute approximate surface area is 143 Å². The molecule has 1 fully saturated rings. The zero-order valence-corrected chi connectivity index (χ0v) is 14.1. The van der Waals surface area contributed by atoms with Crippen LogP contribution in [0.4, 0.5) is 5.69 Å². The molecule has 128 valence electrons. The van der Waals surface area contributed by atoms with E-state index < -0.39 is 0 Å². The van der Waals surface area contributed by atoms with Gasteiger partial charge >= 0.3 is 0 Å². The van der Waals surface area contributed by atoms with Crippen molar-refractivity contribution in [2.75, 3.05) is 31.6 Å². The number of methoxy groups -OCH3 is 1. The van der Waals surface area contributed by atoms with Gasteiger partial charge in [0.15, 0.2) is 0 Å².